The number of carbonyl (C=O) groups excluding carboxylic acids is 6. The van der Waals surface area contributed by atoms with Gasteiger partial charge in [0.25, 0.3) is 0 Å². The van der Waals surface area contributed by atoms with Gasteiger partial charge < -0.3 is 42.3 Å². The van der Waals surface area contributed by atoms with Crippen LogP contribution in [0.4, 0.5) is 0 Å². The second-order valence-electron chi connectivity index (χ2n) is 15.4. The summed E-state index contributed by atoms with van der Waals surface area (Å²) in [5.74, 6) is -3.27. The number of primary amides is 1. The van der Waals surface area contributed by atoms with Crippen LogP contribution in [0.15, 0.2) is 30.3 Å². The van der Waals surface area contributed by atoms with Crippen molar-refractivity contribution in [3.05, 3.63) is 35.9 Å². The van der Waals surface area contributed by atoms with E-state index in [2.05, 4.69) is 52.3 Å². The monoisotopic (exact) mass is 758 g/mol. The zero-order valence-electron chi connectivity index (χ0n) is 33.3. The van der Waals surface area contributed by atoms with Crippen molar-refractivity contribution in [2.75, 3.05) is 19.7 Å². The molecule has 0 aromatic heterocycles. The molecule has 0 unspecified atom stereocenters. The molecule has 304 valence electrons. The number of nitrogens with one attached hydrogen (secondary N) is 5. The van der Waals surface area contributed by atoms with Gasteiger partial charge in [-0.2, -0.15) is 0 Å². The first-order valence-corrected chi connectivity index (χ1v) is 19.8. The molecule has 0 bridgehead atoms. The van der Waals surface area contributed by atoms with Gasteiger partial charge in [0, 0.05) is 18.9 Å². The largest absolute Gasteiger partial charge is 0.394 e. The van der Waals surface area contributed by atoms with Crippen LogP contribution in [0.2, 0.25) is 0 Å². The van der Waals surface area contributed by atoms with Crippen molar-refractivity contribution in [3.8, 4) is 0 Å². The topological polar surface area (TPSA) is 212 Å². The lowest BCUT2D eigenvalue weighted by Crippen LogP contribution is -2.59. The molecule has 14 nitrogen and oxygen atoms in total. The minimum absolute atomic E-state index is 0.0867. The maximum Gasteiger partial charge on any atom is 0.243 e. The highest BCUT2D eigenvalue weighted by Gasteiger charge is 2.33. The molecule has 1 aliphatic rings. The Morgan fingerprint density at radius 3 is 1.93 bits per heavy atom. The molecular formula is C40H67N7O7. The van der Waals surface area contributed by atoms with Gasteiger partial charge in [0.2, 0.25) is 35.4 Å². The molecule has 14 heteroatoms. The second-order valence-corrected chi connectivity index (χ2v) is 15.4. The number of aliphatic hydroxyl groups excluding tert-OH is 1. The summed E-state index contributed by atoms with van der Waals surface area (Å²) in [4.78, 5) is 81.5. The van der Waals surface area contributed by atoms with E-state index in [0.717, 1.165) is 57.2 Å². The molecule has 1 saturated carbocycles. The Kier molecular flexibility index (Phi) is 20.8. The molecule has 0 heterocycles. The summed E-state index contributed by atoms with van der Waals surface area (Å²) in [6, 6.07) is 4.24. The van der Waals surface area contributed by atoms with E-state index >= 15 is 0 Å². The van der Waals surface area contributed by atoms with E-state index in [9.17, 15) is 33.9 Å². The fourth-order valence-corrected chi connectivity index (χ4v) is 6.81. The van der Waals surface area contributed by atoms with Crippen LogP contribution in [0.5, 0.6) is 0 Å². The summed E-state index contributed by atoms with van der Waals surface area (Å²) < 4.78 is 0. The average molecular weight is 758 g/mol. The van der Waals surface area contributed by atoms with E-state index in [-0.39, 0.29) is 37.0 Å². The zero-order valence-corrected chi connectivity index (χ0v) is 33.3. The average Bonchev–Trinajstić information content (AvgIpc) is 3.12. The first-order valence-electron chi connectivity index (χ1n) is 19.8. The number of nitrogens with zero attached hydrogens (tertiary/aromatic N) is 1. The van der Waals surface area contributed by atoms with Crippen LogP contribution in [0.25, 0.3) is 0 Å². The number of carbonyl (C=O) groups is 6. The molecule has 0 aliphatic heterocycles. The number of hydrogen-bond acceptors (Lipinski definition) is 8. The van der Waals surface area contributed by atoms with Gasteiger partial charge >= 0.3 is 0 Å². The van der Waals surface area contributed by atoms with Crippen molar-refractivity contribution >= 4 is 35.4 Å². The number of rotatable bonds is 24. The van der Waals surface area contributed by atoms with Crippen LogP contribution in [0.1, 0.15) is 111 Å². The molecule has 1 aromatic carbocycles. The van der Waals surface area contributed by atoms with Gasteiger partial charge in [0.05, 0.1) is 6.61 Å². The van der Waals surface area contributed by atoms with Crippen LogP contribution in [-0.2, 0) is 35.2 Å². The number of hydrogen-bond donors (Lipinski definition) is 7. The lowest BCUT2D eigenvalue weighted by molar-refractivity contribution is -0.135. The SMILES string of the molecule is CCN(CCCC[C@H](NC(=O)[C@H](CC1CCCCC1)NC(=O)[C@H](C)NC(=O)[C@H](Cc1ccccc1)NC(=O)CC(C)C)C(=O)N[C@@H](CO)C(N)=O)C(C)C. The fourth-order valence-electron chi connectivity index (χ4n) is 6.81. The molecule has 2 rings (SSSR count). The highest BCUT2D eigenvalue weighted by atomic mass is 16.3. The van der Waals surface area contributed by atoms with Crippen molar-refractivity contribution in [3.63, 3.8) is 0 Å². The lowest BCUT2D eigenvalue weighted by atomic mass is 9.84. The van der Waals surface area contributed by atoms with E-state index in [1.807, 2.05) is 44.2 Å². The third-order valence-electron chi connectivity index (χ3n) is 10.0. The predicted molar refractivity (Wildman–Crippen MR) is 209 cm³/mol. The zero-order chi connectivity index (χ0) is 40.2. The fraction of sp³-hybridized carbons (Fsp3) is 0.700. The molecule has 1 aliphatic carbocycles. The number of nitrogens with two attached hydrogens (primary N) is 1. The molecule has 0 radical (unpaired) electrons. The minimum atomic E-state index is -1.32. The molecule has 6 amide bonds. The van der Waals surface area contributed by atoms with E-state index < -0.39 is 66.4 Å². The summed E-state index contributed by atoms with van der Waals surface area (Å²) in [5.41, 5.74) is 6.20. The Morgan fingerprint density at radius 1 is 0.759 bits per heavy atom. The van der Waals surface area contributed by atoms with Crippen LogP contribution in [0, 0.1) is 11.8 Å². The van der Waals surface area contributed by atoms with E-state index in [1.54, 1.807) is 0 Å². The molecule has 0 spiro atoms. The highest BCUT2D eigenvalue weighted by molar-refractivity contribution is 5.96. The molecule has 1 aromatic rings. The highest BCUT2D eigenvalue weighted by Crippen LogP contribution is 2.27. The number of benzene rings is 1. The van der Waals surface area contributed by atoms with E-state index in [0.29, 0.717) is 18.9 Å². The van der Waals surface area contributed by atoms with Gasteiger partial charge in [-0.15, -0.1) is 0 Å². The Balaban J connectivity index is 2.24. The van der Waals surface area contributed by atoms with E-state index in [1.165, 1.54) is 6.92 Å². The molecular weight excluding hydrogens is 690 g/mol. The third kappa shape index (κ3) is 17.0. The molecule has 8 N–H and O–H groups in total. The lowest BCUT2D eigenvalue weighted by Gasteiger charge is -2.29. The van der Waals surface area contributed by atoms with Crippen molar-refractivity contribution in [2.45, 2.75) is 148 Å². The van der Waals surface area contributed by atoms with Gasteiger partial charge in [0.1, 0.15) is 30.2 Å². The Morgan fingerprint density at radius 2 is 1.35 bits per heavy atom. The first-order chi connectivity index (χ1) is 25.6. The summed E-state index contributed by atoms with van der Waals surface area (Å²) in [6.45, 7) is 12.6. The van der Waals surface area contributed by atoms with Crippen molar-refractivity contribution < 1.29 is 33.9 Å². The quantitative estimate of drug-likeness (QED) is 0.0775. The van der Waals surface area contributed by atoms with Crippen molar-refractivity contribution in [2.24, 2.45) is 17.6 Å². The smallest absolute Gasteiger partial charge is 0.243 e. The van der Waals surface area contributed by atoms with Gasteiger partial charge in [-0.05, 0) is 76.9 Å². The summed E-state index contributed by atoms with van der Waals surface area (Å²) in [7, 11) is 0. The first kappa shape index (κ1) is 46.1. The van der Waals surface area contributed by atoms with Crippen LogP contribution in [-0.4, -0.2) is 101 Å². The molecule has 54 heavy (non-hydrogen) atoms. The molecule has 1 fully saturated rings. The minimum Gasteiger partial charge on any atom is -0.394 e. The Hall–Kier alpha value is -4.04. The van der Waals surface area contributed by atoms with Gasteiger partial charge in [-0.1, -0.05) is 83.2 Å². The van der Waals surface area contributed by atoms with Crippen LogP contribution in [0.3, 0.4) is 0 Å². The van der Waals surface area contributed by atoms with Crippen LogP contribution < -0.4 is 32.3 Å². The van der Waals surface area contributed by atoms with Crippen LogP contribution >= 0.6 is 0 Å². The van der Waals surface area contributed by atoms with E-state index in [4.69, 9.17) is 5.73 Å². The number of unbranched alkanes of at least 4 members (excludes halogenated alkanes) is 1. The number of aliphatic hydroxyl groups is 1. The maximum absolute atomic E-state index is 14.0. The van der Waals surface area contributed by atoms with Gasteiger partial charge in [-0.3, -0.25) is 28.8 Å². The van der Waals surface area contributed by atoms with Crippen molar-refractivity contribution in [1.82, 2.24) is 31.5 Å². The second kappa shape index (κ2) is 24.4. The molecule has 5 atom stereocenters. The maximum atomic E-state index is 14.0. The standard InChI is InChI=1S/C40H67N7O7/c1-7-47(27(4)5)21-15-14-20-31(38(52)46-34(25-48)36(41)50)44-40(54)33(24-30-18-12-9-13-19-30)45-37(51)28(6)42-39(53)32(43-35(49)22-26(2)3)23-29-16-10-8-11-17-29/h8,10-11,16-17,26-28,30-34,48H,7,9,12-15,18-25H2,1-6H3,(H2,41,50)(H,42,53)(H,43,49)(H,44,54)(H,45,51)(H,46,52)/t28-,31-,32-,33-,34-/m0/s1. The summed E-state index contributed by atoms with van der Waals surface area (Å²) in [6.07, 6.45) is 7.32. The summed E-state index contributed by atoms with van der Waals surface area (Å²) >= 11 is 0. The van der Waals surface area contributed by atoms with Gasteiger partial charge in [-0.25, -0.2) is 0 Å². The predicted octanol–water partition coefficient (Wildman–Crippen LogP) is 2.07. The Labute approximate surface area is 321 Å². The third-order valence-corrected chi connectivity index (χ3v) is 10.0. The number of amides is 6. The normalized spacial score (nSPS) is 16.2. The molecule has 0 saturated heterocycles. The Bertz CT molecular complexity index is 1340. The summed E-state index contributed by atoms with van der Waals surface area (Å²) in [5, 5.41) is 23.3. The van der Waals surface area contributed by atoms with Crippen molar-refractivity contribution in [1.29, 1.82) is 0 Å². The van der Waals surface area contributed by atoms with Gasteiger partial charge in [0.15, 0.2) is 0 Å².